The molecule has 1 aliphatic rings. The zero-order valence-corrected chi connectivity index (χ0v) is 12.1. The predicted octanol–water partition coefficient (Wildman–Crippen LogP) is 3.02. The van der Waals surface area contributed by atoms with E-state index in [2.05, 4.69) is 34.3 Å². The zero-order valence-electron chi connectivity index (χ0n) is 12.1. The predicted molar refractivity (Wildman–Crippen MR) is 77.3 cm³/mol. The molecule has 0 radical (unpaired) electrons. The van der Waals surface area contributed by atoms with Crippen molar-refractivity contribution in [2.24, 2.45) is 0 Å². The second kappa shape index (κ2) is 12.9. The quantitative estimate of drug-likeness (QED) is 0.853. The summed E-state index contributed by atoms with van der Waals surface area (Å²) in [5, 5.41) is 2.46. The molecule has 1 N–H and O–H groups in total. The maximum atomic E-state index is 9.91. The summed E-state index contributed by atoms with van der Waals surface area (Å²) in [6.07, 6.45) is 1.94. The fourth-order valence-corrected chi connectivity index (χ4v) is 1.41. The summed E-state index contributed by atoms with van der Waals surface area (Å²) in [6, 6.07) is 10.5. The third-order valence-electron chi connectivity index (χ3n) is 2.26. The van der Waals surface area contributed by atoms with Crippen molar-refractivity contribution in [3.8, 4) is 0 Å². The molecule has 1 aromatic rings. The fraction of sp³-hybridized carbons (Fsp3) is 0.533. The van der Waals surface area contributed by atoms with Gasteiger partial charge < -0.3 is 14.8 Å². The van der Waals surface area contributed by atoms with Crippen LogP contribution in [0.4, 0.5) is 4.79 Å². The lowest BCUT2D eigenvalue weighted by Gasteiger charge is -1.98. The molecule has 2 rings (SSSR count). The van der Waals surface area contributed by atoms with Gasteiger partial charge in [0.25, 0.3) is 0 Å². The first-order valence-corrected chi connectivity index (χ1v) is 6.76. The lowest BCUT2D eigenvalue weighted by atomic mass is 10.1. The number of amides is 1. The SMILES string of the molecule is CC.COCCCc1ccccc1.O=C1NCCO1. The minimum atomic E-state index is -0.296. The Morgan fingerprint density at radius 2 is 1.95 bits per heavy atom. The van der Waals surface area contributed by atoms with Crippen molar-refractivity contribution in [1.29, 1.82) is 0 Å². The molecule has 0 aliphatic carbocycles. The van der Waals surface area contributed by atoms with Crippen LogP contribution in [-0.2, 0) is 15.9 Å². The molecule has 0 unspecified atom stereocenters. The molecule has 1 amide bonds. The van der Waals surface area contributed by atoms with Crippen molar-refractivity contribution in [3.05, 3.63) is 35.9 Å². The normalized spacial score (nSPS) is 12.3. The molecule has 4 heteroatoms. The van der Waals surface area contributed by atoms with Crippen molar-refractivity contribution in [2.75, 3.05) is 26.9 Å². The van der Waals surface area contributed by atoms with E-state index in [-0.39, 0.29) is 6.09 Å². The average Bonchev–Trinajstić information content (AvgIpc) is 2.94. The van der Waals surface area contributed by atoms with Gasteiger partial charge in [0.05, 0.1) is 6.54 Å². The van der Waals surface area contributed by atoms with Crippen molar-refractivity contribution in [2.45, 2.75) is 26.7 Å². The molecule has 0 saturated carbocycles. The Kier molecular flexibility index (Phi) is 11.8. The molecule has 108 valence electrons. The molecule has 1 aromatic carbocycles. The molecule has 1 heterocycles. The van der Waals surface area contributed by atoms with Gasteiger partial charge in [-0.25, -0.2) is 4.79 Å². The first-order chi connectivity index (χ1) is 9.33. The summed E-state index contributed by atoms with van der Waals surface area (Å²) in [5.41, 5.74) is 1.39. The van der Waals surface area contributed by atoms with E-state index in [0.717, 1.165) is 19.4 Å². The largest absolute Gasteiger partial charge is 0.448 e. The number of benzene rings is 1. The summed E-state index contributed by atoms with van der Waals surface area (Å²) < 4.78 is 9.37. The number of hydrogen-bond donors (Lipinski definition) is 1. The zero-order chi connectivity index (χ0) is 14.3. The highest BCUT2D eigenvalue weighted by molar-refractivity contribution is 5.68. The molecule has 0 bridgehead atoms. The lowest BCUT2D eigenvalue weighted by molar-refractivity contribution is 0.178. The molecule has 0 spiro atoms. The summed E-state index contributed by atoms with van der Waals surface area (Å²) in [7, 11) is 1.74. The summed E-state index contributed by atoms with van der Waals surface area (Å²) in [5.74, 6) is 0. The van der Waals surface area contributed by atoms with Crippen LogP contribution in [0.2, 0.25) is 0 Å². The maximum Gasteiger partial charge on any atom is 0.407 e. The standard InChI is InChI=1S/C10H14O.C3H5NO2.C2H6/c1-11-9-5-8-10-6-3-2-4-7-10;5-3-4-1-2-6-3;1-2/h2-4,6-7H,5,8-9H2,1H3;1-2H2,(H,4,5);1-2H3. The Bertz CT molecular complexity index is 306. The van der Waals surface area contributed by atoms with E-state index in [0.29, 0.717) is 13.2 Å². The van der Waals surface area contributed by atoms with E-state index >= 15 is 0 Å². The lowest BCUT2D eigenvalue weighted by Crippen LogP contribution is -2.11. The van der Waals surface area contributed by atoms with E-state index in [1.165, 1.54) is 5.56 Å². The van der Waals surface area contributed by atoms with Crippen molar-refractivity contribution < 1.29 is 14.3 Å². The number of nitrogens with one attached hydrogen (secondary N) is 1. The smallest absolute Gasteiger partial charge is 0.407 e. The van der Waals surface area contributed by atoms with E-state index < -0.39 is 0 Å². The van der Waals surface area contributed by atoms with Crippen LogP contribution in [0.15, 0.2) is 30.3 Å². The topological polar surface area (TPSA) is 47.6 Å². The monoisotopic (exact) mass is 267 g/mol. The fourth-order valence-electron chi connectivity index (χ4n) is 1.41. The average molecular weight is 267 g/mol. The number of hydrogen-bond acceptors (Lipinski definition) is 3. The van der Waals surface area contributed by atoms with Gasteiger partial charge in [0, 0.05) is 13.7 Å². The maximum absolute atomic E-state index is 9.91. The van der Waals surface area contributed by atoms with Gasteiger partial charge >= 0.3 is 6.09 Å². The second-order valence-corrected chi connectivity index (χ2v) is 3.64. The van der Waals surface area contributed by atoms with Gasteiger partial charge in [0.2, 0.25) is 0 Å². The van der Waals surface area contributed by atoms with Crippen molar-refractivity contribution >= 4 is 6.09 Å². The van der Waals surface area contributed by atoms with Crippen LogP contribution in [0, 0.1) is 0 Å². The Labute approximate surface area is 116 Å². The number of aryl methyl sites for hydroxylation is 1. The van der Waals surface area contributed by atoms with Gasteiger partial charge in [0.15, 0.2) is 0 Å². The molecule has 1 fully saturated rings. The van der Waals surface area contributed by atoms with Crippen LogP contribution in [-0.4, -0.2) is 33.0 Å². The highest BCUT2D eigenvalue weighted by atomic mass is 16.6. The van der Waals surface area contributed by atoms with Gasteiger partial charge in [-0.1, -0.05) is 44.2 Å². The molecular formula is C15H25NO3. The van der Waals surface area contributed by atoms with Crippen LogP contribution in [0.3, 0.4) is 0 Å². The summed E-state index contributed by atoms with van der Waals surface area (Å²) >= 11 is 0. The molecule has 1 aliphatic heterocycles. The van der Waals surface area contributed by atoms with E-state index in [9.17, 15) is 4.79 Å². The minimum absolute atomic E-state index is 0.296. The van der Waals surface area contributed by atoms with Crippen LogP contribution >= 0.6 is 0 Å². The molecule has 19 heavy (non-hydrogen) atoms. The Balaban J connectivity index is 0.000000341. The van der Waals surface area contributed by atoms with Crippen LogP contribution in [0.5, 0.6) is 0 Å². The molecule has 0 aromatic heterocycles. The first-order valence-electron chi connectivity index (χ1n) is 6.76. The molecule has 1 saturated heterocycles. The molecule has 0 atom stereocenters. The van der Waals surface area contributed by atoms with E-state index in [1.54, 1.807) is 7.11 Å². The third kappa shape index (κ3) is 10.1. The van der Waals surface area contributed by atoms with Gasteiger partial charge in [0.1, 0.15) is 6.61 Å². The van der Waals surface area contributed by atoms with E-state index in [4.69, 9.17) is 4.74 Å². The summed E-state index contributed by atoms with van der Waals surface area (Å²) in [4.78, 5) is 9.91. The highest BCUT2D eigenvalue weighted by Crippen LogP contribution is 2.01. The van der Waals surface area contributed by atoms with Crippen molar-refractivity contribution in [1.82, 2.24) is 5.32 Å². The number of ether oxygens (including phenoxy) is 2. The number of alkyl carbamates (subject to hydrolysis) is 1. The van der Waals surface area contributed by atoms with Gasteiger partial charge in [-0.2, -0.15) is 0 Å². The number of carbonyl (C=O) groups excluding carboxylic acids is 1. The number of methoxy groups -OCH3 is 1. The number of cyclic esters (lactones) is 1. The van der Waals surface area contributed by atoms with Gasteiger partial charge in [-0.05, 0) is 18.4 Å². The van der Waals surface area contributed by atoms with Gasteiger partial charge in [-0.3, -0.25) is 0 Å². The van der Waals surface area contributed by atoms with Gasteiger partial charge in [-0.15, -0.1) is 0 Å². The highest BCUT2D eigenvalue weighted by Gasteiger charge is 2.06. The second-order valence-electron chi connectivity index (χ2n) is 3.64. The third-order valence-corrected chi connectivity index (χ3v) is 2.26. The Morgan fingerprint density at radius 3 is 2.37 bits per heavy atom. The Hall–Kier alpha value is -1.55. The minimum Gasteiger partial charge on any atom is -0.448 e. The van der Waals surface area contributed by atoms with Crippen molar-refractivity contribution in [3.63, 3.8) is 0 Å². The van der Waals surface area contributed by atoms with Crippen LogP contribution in [0.25, 0.3) is 0 Å². The van der Waals surface area contributed by atoms with Crippen LogP contribution in [0.1, 0.15) is 25.8 Å². The summed E-state index contributed by atoms with van der Waals surface area (Å²) in [6.45, 7) is 6.05. The number of rotatable bonds is 4. The first kappa shape index (κ1) is 17.4. The Morgan fingerprint density at radius 1 is 1.26 bits per heavy atom. The molecule has 4 nitrogen and oxygen atoms in total. The molecular weight excluding hydrogens is 242 g/mol. The van der Waals surface area contributed by atoms with Crippen LogP contribution < -0.4 is 5.32 Å². The van der Waals surface area contributed by atoms with E-state index in [1.807, 2.05) is 19.9 Å². The number of carbonyl (C=O) groups is 1.